The average molecular weight is 352 g/mol. The molecule has 4 N–H and O–H groups in total. The summed E-state index contributed by atoms with van der Waals surface area (Å²) in [4.78, 5) is 16.0. The third kappa shape index (κ3) is 5.99. The van der Waals surface area contributed by atoms with Gasteiger partial charge in [-0.25, -0.2) is 4.39 Å². The van der Waals surface area contributed by atoms with Crippen molar-refractivity contribution in [2.75, 3.05) is 45.3 Å². The Labute approximate surface area is 146 Å². The summed E-state index contributed by atoms with van der Waals surface area (Å²) in [5, 5.41) is 18.0. The smallest absolute Gasteiger partial charge is 0.243 e. The summed E-state index contributed by atoms with van der Waals surface area (Å²) in [6.07, 6.45) is 1.53. The van der Waals surface area contributed by atoms with Crippen LogP contribution in [0.2, 0.25) is 0 Å². The predicted octanol–water partition coefficient (Wildman–Crippen LogP) is 0.718. The number of aliphatic imine (C=N–C) groups is 1. The minimum absolute atomic E-state index is 0.0283. The van der Waals surface area contributed by atoms with Gasteiger partial charge in [0.25, 0.3) is 0 Å². The molecule has 0 aromatic heterocycles. The molecule has 1 aliphatic heterocycles. The summed E-state index contributed by atoms with van der Waals surface area (Å²) < 4.78 is 18.3. The molecule has 0 bridgehead atoms. The van der Waals surface area contributed by atoms with Gasteiger partial charge in [0, 0.05) is 37.9 Å². The van der Waals surface area contributed by atoms with Gasteiger partial charge in [-0.2, -0.15) is 0 Å². The first-order valence-electron chi connectivity index (χ1n) is 8.25. The van der Waals surface area contributed by atoms with E-state index in [-0.39, 0.29) is 30.3 Å². The highest BCUT2D eigenvalue weighted by molar-refractivity contribution is 5.94. The number of hydrogen-bond acceptors (Lipinski definition) is 4. The summed E-state index contributed by atoms with van der Waals surface area (Å²) in [6, 6.07) is 5.57. The van der Waals surface area contributed by atoms with E-state index in [1.165, 1.54) is 24.3 Å². The number of guanidine groups is 1. The maximum Gasteiger partial charge on any atom is 0.243 e. The van der Waals surface area contributed by atoms with Crippen molar-refractivity contribution >= 4 is 17.6 Å². The Hall–Kier alpha value is -2.19. The van der Waals surface area contributed by atoms with E-state index in [2.05, 4.69) is 20.9 Å². The minimum Gasteiger partial charge on any atom is -0.396 e. The van der Waals surface area contributed by atoms with Crippen molar-refractivity contribution < 1.29 is 19.0 Å². The molecule has 1 saturated heterocycles. The van der Waals surface area contributed by atoms with E-state index in [1.54, 1.807) is 7.05 Å². The molecule has 7 nitrogen and oxygen atoms in total. The highest BCUT2D eigenvalue weighted by atomic mass is 19.1. The molecule has 1 amide bonds. The molecule has 1 aliphatic rings. The predicted molar refractivity (Wildman–Crippen MR) is 94.0 cm³/mol. The zero-order chi connectivity index (χ0) is 18.1. The number of benzene rings is 1. The van der Waals surface area contributed by atoms with Crippen LogP contribution in [-0.4, -0.2) is 56.9 Å². The summed E-state index contributed by atoms with van der Waals surface area (Å²) in [5.74, 6) is -0.115. The number of hydrogen-bond donors (Lipinski definition) is 4. The zero-order valence-corrected chi connectivity index (χ0v) is 14.3. The first kappa shape index (κ1) is 19.1. The van der Waals surface area contributed by atoms with Crippen molar-refractivity contribution in [3.63, 3.8) is 0 Å². The van der Waals surface area contributed by atoms with E-state index in [9.17, 15) is 14.3 Å². The number of carbonyl (C=O) groups is 1. The fourth-order valence-corrected chi connectivity index (χ4v) is 2.71. The van der Waals surface area contributed by atoms with Gasteiger partial charge in [0.2, 0.25) is 5.91 Å². The van der Waals surface area contributed by atoms with Crippen LogP contribution in [0.15, 0.2) is 29.3 Å². The summed E-state index contributed by atoms with van der Waals surface area (Å²) in [7, 11) is 1.62. The Morgan fingerprint density at radius 1 is 1.36 bits per heavy atom. The lowest BCUT2D eigenvalue weighted by Gasteiger charge is -2.27. The van der Waals surface area contributed by atoms with Crippen molar-refractivity contribution in [3.8, 4) is 0 Å². The lowest BCUT2D eigenvalue weighted by Crippen LogP contribution is -2.46. The number of aliphatic hydroxyl groups excluding tert-OH is 1. The highest BCUT2D eigenvalue weighted by Gasteiger charge is 2.34. The maximum absolute atomic E-state index is 12.8. The van der Waals surface area contributed by atoms with E-state index < -0.39 is 0 Å². The molecule has 25 heavy (non-hydrogen) atoms. The number of carbonyl (C=O) groups excluding carboxylic acids is 1. The van der Waals surface area contributed by atoms with Crippen molar-refractivity contribution in [2.45, 2.75) is 12.8 Å². The molecule has 1 unspecified atom stereocenters. The van der Waals surface area contributed by atoms with E-state index in [4.69, 9.17) is 4.74 Å². The highest BCUT2D eigenvalue weighted by Crippen LogP contribution is 2.31. The van der Waals surface area contributed by atoms with Gasteiger partial charge in [0.05, 0.1) is 13.2 Å². The molecule has 2 rings (SSSR count). The van der Waals surface area contributed by atoms with Crippen molar-refractivity contribution in [1.29, 1.82) is 0 Å². The molecule has 1 heterocycles. The molecule has 0 saturated carbocycles. The molecule has 138 valence electrons. The number of ether oxygens (including phenoxy) is 1. The Balaban J connectivity index is 1.77. The van der Waals surface area contributed by atoms with E-state index in [1.807, 2.05) is 0 Å². The first-order chi connectivity index (χ1) is 12.1. The van der Waals surface area contributed by atoms with Gasteiger partial charge in [0.15, 0.2) is 5.96 Å². The number of rotatable bonds is 7. The van der Waals surface area contributed by atoms with Gasteiger partial charge >= 0.3 is 0 Å². The van der Waals surface area contributed by atoms with Gasteiger partial charge in [-0.05, 0) is 37.1 Å². The Morgan fingerprint density at radius 2 is 2.12 bits per heavy atom. The van der Waals surface area contributed by atoms with Crippen LogP contribution in [0, 0.1) is 11.2 Å². The normalized spacial score (nSPS) is 20.4. The molecular weight excluding hydrogens is 327 g/mol. The maximum atomic E-state index is 12.8. The monoisotopic (exact) mass is 352 g/mol. The van der Waals surface area contributed by atoms with Crippen LogP contribution >= 0.6 is 0 Å². The molecule has 1 aromatic carbocycles. The quantitative estimate of drug-likeness (QED) is 0.428. The standard InChI is InChI=1S/C17H25FN4O3/c1-19-16(21-11-17(6-8-23)7-9-25-12-17)20-10-15(24)22-14-4-2-13(18)3-5-14/h2-5,23H,6-12H2,1H3,(H,22,24)(H2,19,20,21). The van der Waals surface area contributed by atoms with Gasteiger partial charge in [-0.1, -0.05) is 0 Å². The van der Waals surface area contributed by atoms with Crippen LogP contribution in [0.1, 0.15) is 12.8 Å². The fraction of sp³-hybridized carbons (Fsp3) is 0.529. The lowest BCUT2D eigenvalue weighted by molar-refractivity contribution is -0.115. The van der Waals surface area contributed by atoms with Gasteiger partial charge in [-0.3, -0.25) is 9.79 Å². The number of aliphatic hydroxyl groups is 1. The molecule has 1 aromatic rings. The molecule has 0 spiro atoms. The largest absolute Gasteiger partial charge is 0.396 e. The van der Waals surface area contributed by atoms with Crippen LogP contribution < -0.4 is 16.0 Å². The number of nitrogens with one attached hydrogen (secondary N) is 3. The van der Waals surface area contributed by atoms with Crippen LogP contribution in [0.25, 0.3) is 0 Å². The number of halogens is 1. The summed E-state index contributed by atoms with van der Waals surface area (Å²) in [6.45, 7) is 2.03. The molecule has 0 aliphatic carbocycles. The van der Waals surface area contributed by atoms with Crippen molar-refractivity contribution in [2.24, 2.45) is 10.4 Å². The zero-order valence-electron chi connectivity index (χ0n) is 14.3. The van der Waals surface area contributed by atoms with Crippen molar-refractivity contribution in [1.82, 2.24) is 10.6 Å². The minimum atomic E-state index is -0.353. The molecule has 1 atom stereocenters. The average Bonchev–Trinajstić information content (AvgIpc) is 3.06. The Kier molecular flexibility index (Phi) is 7.15. The number of nitrogens with zero attached hydrogens (tertiary/aromatic N) is 1. The SMILES string of the molecule is CN=C(NCC(=O)Nc1ccc(F)cc1)NCC1(CCO)CCOC1. The molecule has 0 radical (unpaired) electrons. The Bertz CT molecular complexity index is 586. The second kappa shape index (κ2) is 9.33. The van der Waals surface area contributed by atoms with Gasteiger partial charge in [0.1, 0.15) is 5.82 Å². The molecule has 1 fully saturated rings. The van der Waals surface area contributed by atoms with Crippen LogP contribution in [0.4, 0.5) is 10.1 Å². The topological polar surface area (TPSA) is 95.0 Å². The van der Waals surface area contributed by atoms with Gasteiger partial charge in [-0.15, -0.1) is 0 Å². The summed E-state index contributed by atoms with van der Waals surface area (Å²) in [5.41, 5.74) is 0.420. The molecular formula is C17H25FN4O3. The first-order valence-corrected chi connectivity index (χ1v) is 8.25. The van der Waals surface area contributed by atoms with E-state index in [0.717, 1.165) is 6.42 Å². The lowest BCUT2D eigenvalue weighted by atomic mass is 9.84. The third-order valence-electron chi connectivity index (χ3n) is 4.23. The van der Waals surface area contributed by atoms with Crippen LogP contribution in [-0.2, 0) is 9.53 Å². The van der Waals surface area contributed by atoms with Gasteiger partial charge < -0.3 is 25.8 Å². The van der Waals surface area contributed by atoms with E-state index in [0.29, 0.717) is 37.8 Å². The fourth-order valence-electron chi connectivity index (χ4n) is 2.71. The van der Waals surface area contributed by atoms with Crippen molar-refractivity contribution in [3.05, 3.63) is 30.1 Å². The van der Waals surface area contributed by atoms with Crippen LogP contribution in [0.3, 0.4) is 0 Å². The molecule has 8 heteroatoms. The van der Waals surface area contributed by atoms with Crippen LogP contribution in [0.5, 0.6) is 0 Å². The number of anilines is 1. The third-order valence-corrected chi connectivity index (χ3v) is 4.23. The van der Waals surface area contributed by atoms with E-state index >= 15 is 0 Å². The number of amides is 1. The Morgan fingerprint density at radius 3 is 2.72 bits per heavy atom. The second-order valence-corrected chi connectivity index (χ2v) is 6.11. The summed E-state index contributed by atoms with van der Waals surface area (Å²) >= 11 is 0. The second-order valence-electron chi connectivity index (χ2n) is 6.11.